The molecule has 19 heavy (non-hydrogen) atoms. The molecule has 0 bridgehead atoms. The number of morpholine rings is 1. The third-order valence-corrected chi connectivity index (χ3v) is 3.83. The van der Waals surface area contributed by atoms with Crippen molar-refractivity contribution in [3.05, 3.63) is 40.8 Å². The summed E-state index contributed by atoms with van der Waals surface area (Å²) in [6.45, 7) is 4.29. The molecule has 0 atom stereocenters. The predicted octanol–water partition coefficient (Wildman–Crippen LogP) is 2.59. The maximum Gasteiger partial charge on any atom is 0.0795 e. The summed E-state index contributed by atoms with van der Waals surface area (Å²) in [4.78, 5) is 6.66. The van der Waals surface area contributed by atoms with Crippen molar-refractivity contribution >= 4 is 22.7 Å². The highest BCUT2D eigenvalue weighted by molar-refractivity contribution is 7.07. The monoisotopic (exact) mass is 275 g/mol. The minimum atomic E-state index is 0.769. The van der Waals surface area contributed by atoms with Crippen LogP contribution < -0.4 is 10.2 Å². The van der Waals surface area contributed by atoms with E-state index in [2.05, 4.69) is 44.8 Å². The molecule has 0 unspecified atom stereocenters. The fourth-order valence-corrected chi connectivity index (χ4v) is 2.77. The first kappa shape index (κ1) is 12.4. The van der Waals surface area contributed by atoms with Crippen molar-refractivity contribution < 1.29 is 4.74 Å². The molecule has 100 valence electrons. The van der Waals surface area contributed by atoms with E-state index in [0.717, 1.165) is 44.2 Å². The Bertz CT molecular complexity index is 509. The van der Waals surface area contributed by atoms with Crippen LogP contribution in [0.4, 0.5) is 11.4 Å². The minimum Gasteiger partial charge on any atom is -0.378 e. The number of hydrogen-bond acceptors (Lipinski definition) is 5. The smallest absolute Gasteiger partial charge is 0.0795 e. The lowest BCUT2D eigenvalue weighted by Crippen LogP contribution is -2.36. The average Bonchev–Trinajstić information content (AvgIpc) is 3.00. The molecule has 1 aromatic heterocycles. The summed E-state index contributed by atoms with van der Waals surface area (Å²) in [6, 6.07) is 8.43. The molecular formula is C14H17N3OS. The maximum atomic E-state index is 5.41. The van der Waals surface area contributed by atoms with Crippen molar-refractivity contribution in [1.29, 1.82) is 0 Å². The van der Waals surface area contributed by atoms with E-state index in [1.165, 1.54) is 5.69 Å². The Morgan fingerprint density at radius 1 is 1.26 bits per heavy atom. The Balaban J connectivity index is 1.73. The molecule has 1 aliphatic heterocycles. The lowest BCUT2D eigenvalue weighted by Gasteiger charge is -2.30. The van der Waals surface area contributed by atoms with Gasteiger partial charge in [0.2, 0.25) is 0 Å². The molecule has 1 fully saturated rings. The molecule has 0 spiro atoms. The second kappa shape index (κ2) is 6.04. The zero-order chi connectivity index (χ0) is 12.9. The predicted molar refractivity (Wildman–Crippen MR) is 78.9 cm³/mol. The van der Waals surface area contributed by atoms with E-state index >= 15 is 0 Å². The van der Waals surface area contributed by atoms with Crippen LogP contribution in [0.2, 0.25) is 0 Å². The van der Waals surface area contributed by atoms with Gasteiger partial charge in [0.25, 0.3) is 0 Å². The number of hydrogen-bond donors (Lipinski definition) is 1. The Labute approximate surface area is 117 Å². The van der Waals surface area contributed by atoms with Crippen LogP contribution in [0.25, 0.3) is 0 Å². The molecule has 1 aliphatic rings. The molecule has 2 heterocycles. The molecule has 1 aromatic carbocycles. The fraction of sp³-hybridized carbons (Fsp3) is 0.357. The van der Waals surface area contributed by atoms with E-state index in [9.17, 15) is 0 Å². The van der Waals surface area contributed by atoms with Crippen molar-refractivity contribution in [2.24, 2.45) is 0 Å². The van der Waals surface area contributed by atoms with Crippen LogP contribution >= 0.6 is 11.3 Å². The van der Waals surface area contributed by atoms with Gasteiger partial charge in [0, 0.05) is 18.5 Å². The van der Waals surface area contributed by atoms with E-state index in [4.69, 9.17) is 4.74 Å². The third kappa shape index (κ3) is 3.05. The Hall–Kier alpha value is -1.59. The summed E-state index contributed by atoms with van der Waals surface area (Å²) < 4.78 is 5.41. The van der Waals surface area contributed by atoms with E-state index in [0.29, 0.717) is 0 Å². The van der Waals surface area contributed by atoms with Crippen molar-refractivity contribution in [3.63, 3.8) is 0 Å². The van der Waals surface area contributed by atoms with E-state index in [1.54, 1.807) is 11.3 Å². The molecular weight excluding hydrogens is 258 g/mol. The Morgan fingerprint density at radius 3 is 2.89 bits per heavy atom. The third-order valence-electron chi connectivity index (χ3n) is 3.20. The topological polar surface area (TPSA) is 37.4 Å². The van der Waals surface area contributed by atoms with Crippen molar-refractivity contribution in [3.8, 4) is 0 Å². The van der Waals surface area contributed by atoms with Crippen LogP contribution in [0.3, 0.4) is 0 Å². The number of benzene rings is 1. The molecule has 0 saturated carbocycles. The zero-order valence-electron chi connectivity index (χ0n) is 10.7. The highest BCUT2D eigenvalue weighted by atomic mass is 32.1. The first-order valence-corrected chi connectivity index (χ1v) is 7.40. The summed E-state index contributed by atoms with van der Waals surface area (Å²) in [5, 5.41) is 5.55. The van der Waals surface area contributed by atoms with Gasteiger partial charge in [-0.15, -0.1) is 11.3 Å². The Kier molecular flexibility index (Phi) is 3.95. The highest BCUT2D eigenvalue weighted by Crippen LogP contribution is 2.26. The first-order valence-electron chi connectivity index (χ1n) is 6.46. The van der Waals surface area contributed by atoms with E-state index < -0.39 is 0 Å². The van der Waals surface area contributed by atoms with Crippen molar-refractivity contribution in [2.75, 3.05) is 36.5 Å². The lowest BCUT2D eigenvalue weighted by molar-refractivity contribution is 0.123. The molecule has 0 radical (unpaired) electrons. The van der Waals surface area contributed by atoms with Crippen LogP contribution in [-0.4, -0.2) is 31.3 Å². The van der Waals surface area contributed by atoms with Gasteiger partial charge in [-0.25, -0.2) is 4.98 Å². The molecule has 4 nitrogen and oxygen atoms in total. The molecule has 3 rings (SSSR count). The molecule has 5 heteroatoms. The molecule has 2 aromatic rings. The van der Waals surface area contributed by atoms with Gasteiger partial charge in [-0.05, 0) is 12.1 Å². The number of para-hydroxylation sites is 2. The van der Waals surface area contributed by atoms with Crippen LogP contribution in [0.15, 0.2) is 35.2 Å². The quantitative estimate of drug-likeness (QED) is 0.930. The van der Waals surface area contributed by atoms with Gasteiger partial charge in [0.05, 0.1) is 42.3 Å². The van der Waals surface area contributed by atoms with Gasteiger partial charge in [-0.1, -0.05) is 12.1 Å². The number of nitrogens with one attached hydrogen (secondary N) is 1. The Morgan fingerprint density at radius 2 is 2.11 bits per heavy atom. The van der Waals surface area contributed by atoms with Gasteiger partial charge in [-0.3, -0.25) is 0 Å². The van der Waals surface area contributed by atoms with E-state index in [1.807, 2.05) is 5.51 Å². The van der Waals surface area contributed by atoms with Crippen LogP contribution in [-0.2, 0) is 11.3 Å². The summed E-state index contributed by atoms with van der Waals surface area (Å²) >= 11 is 1.63. The molecule has 1 saturated heterocycles. The first-order chi connectivity index (χ1) is 9.43. The number of thiazole rings is 1. The molecule has 1 N–H and O–H groups in total. The van der Waals surface area contributed by atoms with Crippen molar-refractivity contribution in [1.82, 2.24) is 4.98 Å². The second-order valence-electron chi connectivity index (χ2n) is 4.45. The van der Waals surface area contributed by atoms with Crippen LogP contribution in [0, 0.1) is 0 Å². The highest BCUT2D eigenvalue weighted by Gasteiger charge is 2.14. The number of nitrogens with zero attached hydrogens (tertiary/aromatic N) is 2. The van der Waals surface area contributed by atoms with Gasteiger partial charge in [0.15, 0.2) is 0 Å². The van der Waals surface area contributed by atoms with Gasteiger partial charge >= 0.3 is 0 Å². The number of rotatable bonds is 4. The second-order valence-corrected chi connectivity index (χ2v) is 5.17. The standard InChI is InChI=1S/C14H17N3OS/c1-2-4-14(17-5-7-18-8-6-17)13(3-1)15-9-12-10-19-11-16-12/h1-4,10-11,15H,5-9H2. The van der Waals surface area contributed by atoms with Crippen LogP contribution in [0.5, 0.6) is 0 Å². The largest absolute Gasteiger partial charge is 0.378 e. The average molecular weight is 275 g/mol. The lowest BCUT2D eigenvalue weighted by atomic mass is 10.2. The number of ether oxygens (including phenoxy) is 1. The summed E-state index contributed by atoms with van der Waals surface area (Å²) in [7, 11) is 0. The van der Waals surface area contributed by atoms with Gasteiger partial charge < -0.3 is 15.0 Å². The normalized spacial score (nSPS) is 15.5. The summed E-state index contributed by atoms with van der Waals surface area (Å²) in [5.74, 6) is 0. The molecule has 0 amide bonds. The van der Waals surface area contributed by atoms with Crippen LogP contribution in [0.1, 0.15) is 5.69 Å². The maximum absolute atomic E-state index is 5.41. The summed E-state index contributed by atoms with van der Waals surface area (Å²) in [5.41, 5.74) is 5.37. The summed E-state index contributed by atoms with van der Waals surface area (Å²) in [6.07, 6.45) is 0. The number of aromatic nitrogens is 1. The fourth-order valence-electron chi connectivity index (χ4n) is 2.21. The zero-order valence-corrected chi connectivity index (χ0v) is 11.5. The van der Waals surface area contributed by atoms with Crippen molar-refractivity contribution in [2.45, 2.75) is 6.54 Å². The number of anilines is 2. The SMILES string of the molecule is c1ccc(N2CCOCC2)c(NCc2cscn2)c1. The molecule has 0 aliphatic carbocycles. The van der Waals surface area contributed by atoms with E-state index in [-0.39, 0.29) is 0 Å². The van der Waals surface area contributed by atoms with Gasteiger partial charge in [-0.2, -0.15) is 0 Å². The van der Waals surface area contributed by atoms with Gasteiger partial charge in [0.1, 0.15) is 0 Å². The minimum absolute atomic E-state index is 0.769.